The summed E-state index contributed by atoms with van der Waals surface area (Å²) in [5.74, 6) is -0.0114. The lowest BCUT2D eigenvalue weighted by molar-refractivity contribution is -0.140. The molecule has 3 rings (SSSR count). The average Bonchev–Trinajstić information content (AvgIpc) is 3.31. The number of sulfonamides is 1. The van der Waals surface area contributed by atoms with E-state index in [1.54, 1.807) is 31.2 Å². The van der Waals surface area contributed by atoms with Gasteiger partial charge >= 0.3 is 0 Å². The smallest absolute Gasteiger partial charge is 0.244 e. The molecule has 9 nitrogen and oxygen atoms in total. The first kappa shape index (κ1) is 28.9. The standard InChI is InChI=1S/C25H31Cl2N3O6S/c1-5-16(3)28-25(32)21(6-2)29(13-17-7-9-19(26)20(27)11-17)24(31)14-30(37(4,33)34)18-8-10-22-23(12-18)36-15-35-22/h7-12,16,21H,5-6,13-15H2,1-4H3,(H,28,32). The van der Waals surface area contributed by atoms with Gasteiger partial charge in [-0.25, -0.2) is 8.42 Å². The Hall–Kier alpha value is -2.69. The van der Waals surface area contributed by atoms with Crippen LogP contribution in [0.2, 0.25) is 10.0 Å². The summed E-state index contributed by atoms with van der Waals surface area (Å²) in [4.78, 5) is 28.3. The molecule has 0 bridgehead atoms. The fraction of sp³-hybridized carbons (Fsp3) is 0.440. The molecule has 202 valence electrons. The summed E-state index contributed by atoms with van der Waals surface area (Å²) in [6.45, 7) is 5.15. The molecule has 2 atom stereocenters. The van der Waals surface area contributed by atoms with Crippen LogP contribution in [-0.4, -0.2) is 56.8 Å². The maximum Gasteiger partial charge on any atom is 0.244 e. The minimum atomic E-state index is -3.87. The fourth-order valence-electron chi connectivity index (χ4n) is 3.85. The van der Waals surface area contributed by atoms with E-state index in [2.05, 4.69) is 5.32 Å². The molecular formula is C25H31Cl2N3O6S. The largest absolute Gasteiger partial charge is 0.454 e. The van der Waals surface area contributed by atoms with Gasteiger partial charge in [-0.15, -0.1) is 0 Å². The van der Waals surface area contributed by atoms with Crippen molar-refractivity contribution < 1.29 is 27.5 Å². The van der Waals surface area contributed by atoms with Gasteiger partial charge in [-0.05, 0) is 49.6 Å². The molecule has 2 aromatic carbocycles. The zero-order chi connectivity index (χ0) is 27.3. The summed E-state index contributed by atoms with van der Waals surface area (Å²) in [5.41, 5.74) is 0.887. The maximum atomic E-state index is 13.7. The number of halogens is 2. The highest BCUT2D eigenvalue weighted by molar-refractivity contribution is 7.92. The van der Waals surface area contributed by atoms with Crippen LogP contribution in [-0.2, 0) is 26.2 Å². The topological polar surface area (TPSA) is 105 Å². The van der Waals surface area contributed by atoms with E-state index in [-0.39, 0.29) is 31.0 Å². The van der Waals surface area contributed by atoms with Crippen LogP contribution in [0.4, 0.5) is 5.69 Å². The summed E-state index contributed by atoms with van der Waals surface area (Å²) >= 11 is 12.2. The number of carbonyl (C=O) groups excluding carboxylic acids is 2. The number of nitrogens with one attached hydrogen (secondary N) is 1. The van der Waals surface area contributed by atoms with Gasteiger partial charge in [0.15, 0.2) is 11.5 Å². The molecule has 0 saturated carbocycles. The van der Waals surface area contributed by atoms with E-state index in [1.807, 2.05) is 13.8 Å². The van der Waals surface area contributed by atoms with Crippen molar-refractivity contribution >= 4 is 50.7 Å². The molecule has 1 aliphatic heterocycles. The Kier molecular flexibility index (Phi) is 9.55. The Labute approximate surface area is 227 Å². The van der Waals surface area contributed by atoms with E-state index < -0.39 is 28.5 Å². The highest BCUT2D eigenvalue weighted by atomic mass is 35.5. The minimum Gasteiger partial charge on any atom is -0.454 e. The van der Waals surface area contributed by atoms with E-state index in [0.717, 1.165) is 17.0 Å². The Morgan fingerprint density at radius 3 is 2.35 bits per heavy atom. The van der Waals surface area contributed by atoms with Crippen molar-refractivity contribution in [3.05, 3.63) is 52.0 Å². The van der Waals surface area contributed by atoms with E-state index in [9.17, 15) is 18.0 Å². The van der Waals surface area contributed by atoms with Gasteiger partial charge in [0, 0.05) is 18.7 Å². The Morgan fingerprint density at radius 1 is 1.03 bits per heavy atom. The number of ether oxygens (including phenoxy) is 2. The van der Waals surface area contributed by atoms with E-state index in [4.69, 9.17) is 32.7 Å². The Bertz CT molecular complexity index is 1260. The molecule has 2 aromatic rings. The fourth-order valence-corrected chi connectivity index (χ4v) is 5.01. The molecule has 2 amide bonds. The first-order chi connectivity index (χ1) is 17.4. The zero-order valence-electron chi connectivity index (χ0n) is 21.2. The van der Waals surface area contributed by atoms with Crippen molar-refractivity contribution in [2.24, 2.45) is 0 Å². The molecule has 0 saturated heterocycles. The van der Waals surface area contributed by atoms with Crippen molar-refractivity contribution in [1.29, 1.82) is 0 Å². The number of nitrogens with zero attached hydrogens (tertiary/aromatic N) is 2. The number of fused-ring (bicyclic) bond motifs is 1. The van der Waals surface area contributed by atoms with Crippen LogP contribution in [0.1, 0.15) is 39.2 Å². The number of amides is 2. The lowest BCUT2D eigenvalue weighted by Gasteiger charge is -2.33. The zero-order valence-corrected chi connectivity index (χ0v) is 23.5. The molecule has 0 aromatic heterocycles. The molecule has 1 aliphatic rings. The van der Waals surface area contributed by atoms with Crippen LogP contribution in [0.5, 0.6) is 11.5 Å². The molecular weight excluding hydrogens is 541 g/mol. The SMILES string of the molecule is CCC(C)NC(=O)C(CC)N(Cc1ccc(Cl)c(Cl)c1)C(=O)CN(c1ccc2c(c1)OCO2)S(C)(=O)=O. The monoisotopic (exact) mass is 571 g/mol. The van der Waals surface area contributed by atoms with Gasteiger partial charge in [0.05, 0.1) is 22.0 Å². The van der Waals surface area contributed by atoms with Gasteiger partial charge in [0.2, 0.25) is 28.6 Å². The summed E-state index contributed by atoms with van der Waals surface area (Å²) in [6, 6.07) is 8.64. The maximum absolute atomic E-state index is 13.7. The van der Waals surface area contributed by atoms with E-state index >= 15 is 0 Å². The van der Waals surface area contributed by atoms with E-state index in [0.29, 0.717) is 33.5 Å². The molecule has 0 fully saturated rings. The molecule has 0 radical (unpaired) electrons. The molecule has 12 heteroatoms. The van der Waals surface area contributed by atoms with Gasteiger partial charge in [-0.3, -0.25) is 13.9 Å². The Balaban J connectivity index is 1.96. The third-order valence-electron chi connectivity index (χ3n) is 6.05. The van der Waals surface area contributed by atoms with Crippen LogP contribution in [0.3, 0.4) is 0 Å². The molecule has 37 heavy (non-hydrogen) atoms. The van der Waals surface area contributed by atoms with Crippen molar-refractivity contribution in [1.82, 2.24) is 10.2 Å². The summed E-state index contributed by atoms with van der Waals surface area (Å²) in [6.07, 6.45) is 2.05. The highest BCUT2D eigenvalue weighted by Gasteiger charge is 2.32. The summed E-state index contributed by atoms with van der Waals surface area (Å²) < 4.78 is 37.2. The number of rotatable bonds is 11. The Morgan fingerprint density at radius 2 is 1.73 bits per heavy atom. The first-order valence-electron chi connectivity index (χ1n) is 11.9. The van der Waals surface area contributed by atoms with Crippen LogP contribution in [0.25, 0.3) is 0 Å². The number of carbonyl (C=O) groups is 2. The second-order valence-corrected chi connectivity index (χ2v) is 11.5. The van der Waals surface area contributed by atoms with Gasteiger partial charge < -0.3 is 19.7 Å². The minimum absolute atomic E-state index is 0.0253. The predicted octanol–water partition coefficient (Wildman–Crippen LogP) is 4.21. The second-order valence-electron chi connectivity index (χ2n) is 8.82. The number of hydrogen-bond acceptors (Lipinski definition) is 6. The molecule has 1 N–H and O–H groups in total. The summed E-state index contributed by atoms with van der Waals surface area (Å²) in [5, 5.41) is 3.59. The van der Waals surface area contributed by atoms with Gasteiger partial charge in [0.25, 0.3) is 0 Å². The van der Waals surface area contributed by atoms with E-state index in [1.165, 1.54) is 17.0 Å². The quantitative estimate of drug-likeness (QED) is 0.433. The number of hydrogen-bond donors (Lipinski definition) is 1. The first-order valence-corrected chi connectivity index (χ1v) is 14.5. The van der Waals surface area contributed by atoms with Crippen molar-refractivity contribution in [2.45, 2.75) is 52.2 Å². The van der Waals surface area contributed by atoms with Gasteiger partial charge in [-0.1, -0.05) is 43.1 Å². The lowest BCUT2D eigenvalue weighted by Crippen LogP contribution is -2.53. The number of anilines is 1. The van der Waals surface area contributed by atoms with Crippen LogP contribution in [0.15, 0.2) is 36.4 Å². The third kappa shape index (κ3) is 7.21. The predicted molar refractivity (Wildman–Crippen MR) is 144 cm³/mol. The normalized spacial score (nSPS) is 14.1. The molecule has 0 spiro atoms. The van der Waals surface area contributed by atoms with Crippen molar-refractivity contribution in [2.75, 3.05) is 23.9 Å². The lowest BCUT2D eigenvalue weighted by atomic mass is 10.1. The average molecular weight is 573 g/mol. The van der Waals surface area contributed by atoms with Gasteiger partial charge in [-0.2, -0.15) is 0 Å². The second kappa shape index (κ2) is 12.2. The highest BCUT2D eigenvalue weighted by Crippen LogP contribution is 2.36. The van der Waals surface area contributed by atoms with Crippen molar-refractivity contribution in [3.63, 3.8) is 0 Å². The summed E-state index contributed by atoms with van der Waals surface area (Å²) in [7, 11) is -3.87. The van der Waals surface area contributed by atoms with Crippen LogP contribution < -0.4 is 19.1 Å². The van der Waals surface area contributed by atoms with Crippen LogP contribution >= 0.6 is 23.2 Å². The van der Waals surface area contributed by atoms with Gasteiger partial charge in [0.1, 0.15) is 12.6 Å². The van der Waals surface area contributed by atoms with Crippen LogP contribution in [0, 0.1) is 0 Å². The number of benzene rings is 2. The third-order valence-corrected chi connectivity index (χ3v) is 7.93. The molecule has 2 unspecified atom stereocenters. The van der Waals surface area contributed by atoms with Crippen molar-refractivity contribution in [3.8, 4) is 11.5 Å². The molecule has 1 heterocycles. The molecule has 0 aliphatic carbocycles.